The lowest BCUT2D eigenvalue weighted by atomic mass is 10.1. The Hall–Kier alpha value is -2.38. The summed E-state index contributed by atoms with van der Waals surface area (Å²) < 4.78 is 39.8. The average Bonchev–Trinajstić information content (AvgIpc) is 2.56. The van der Waals surface area contributed by atoms with Crippen molar-refractivity contribution in [2.24, 2.45) is 0 Å². The second-order valence-corrected chi connectivity index (χ2v) is 7.11. The molecule has 1 aliphatic rings. The SMILES string of the molecule is O=C1CCCC(N(c2ccccc2)c2ccccc2)(S(=O)(=O)O)O1. The van der Waals surface area contributed by atoms with Crippen molar-refractivity contribution in [3.05, 3.63) is 60.7 Å². The van der Waals surface area contributed by atoms with Gasteiger partial charge in [0.2, 0.25) is 0 Å². The fourth-order valence-electron chi connectivity index (χ4n) is 2.89. The minimum Gasteiger partial charge on any atom is -0.421 e. The van der Waals surface area contributed by atoms with Crippen molar-refractivity contribution in [2.75, 3.05) is 4.90 Å². The largest absolute Gasteiger partial charge is 0.421 e. The zero-order valence-corrected chi connectivity index (χ0v) is 13.6. The molecule has 1 N–H and O–H groups in total. The first-order chi connectivity index (χ1) is 11.4. The van der Waals surface area contributed by atoms with E-state index in [0.29, 0.717) is 17.8 Å². The van der Waals surface area contributed by atoms with Crippen LogP contribution in [0.15, 0.2) is 60.7 Å². The molecule has 1 atom stereocenters. The molecule has 1 saturated heterocycles. The molecular formula is C17H17NO5S. The third kappa shape index (κ3) is 2.88. The number of carbonyl (C=O) groups excluding carboxylic acids is 1. The van der Waals surface area contributed by atoms with Gasteiger partial charge in [0, 0.05) is 24.2 Å². The van der Waals surface area contributed by atoms with E-state index in [1.54, 1.807) is 60.7 Å². The van der Waals surface area contributed by atoms with Crippen LogP contribution in [0.2, 0.25) is 0 Å². The Morgan fingerprint density at radius 1 is 0.958 bits per heavy atom. The van der Waals surface area contributed by atoms with Crippen LogP contribution >= 0.6 is 0 Å². The van der Waals surface area contributed by atoms with E-state index in [-0.39, 0.29) is 12.8 Å². The van der Waals surface area contributed by atoms with Crippen molar-refractivity contribution in [1.82, 2.24) is 0 Å². The van der Waals surface area contributed by atoms with Crippen LogP contribution in [0, 0.1) is 0 Å². The fourth-order valence-corrected chi connectivity index (χ4v) is 3.93. The highest BCUT2D eigenvalue weighted by Gasteiger charge is 2.54. The van der Waals surface area contributed by atoms with E-state index in [4.69, 9.17) is 4.74 Å². The smallest absolute Gasteiger partial charge is 0.327 e. The summed E-state index contributed by atoms with van der Waals surface area (Å²) in [7, 11) is -4.73. The van der Waals surface area contributed by atoms with E-state index in [1.807, 2.05) is 0 Å². The van der Waals surface area contributed by atoms with Gasteiger partial charge in [-0.15, -0.1) is 0 Å². The lowest BCUT2D eigenvalue weighted by molar-refractivity contribution is -0.157. The average molecular weight is 347 g/mol. The standard InChI is InChI=1S/C17H17NO5S/c19-16-12-7-13-17(23-16,24(20,21)22)18(14-8-3-1-4-9-14)15-10-5-2-6-11-15/h1-6,8-11H,7,12-13H2,(H,20,21,22). The molecule has 6 nitrogen and oxygen atoms in total. The number of ether oxygens (including phenoxy) is 1. The van der Waals surface area contributed by atoms with Crippen LogP contribution in [-0.4, -0.2) is 24.0 Å². The van der Waals surface area contributed by atoms with Crippen LogP contribution < -0.4 is 4.90 Å². The summed E-state index contributed by atoms with van der Waals surface area (Å²) in [5, 5.41) is -2.18. The summed E-state index contributed by atoms with van der Waals surface area (Å²) in [5.74, 6) is -0.657. The van der Waals surface area contributed by atoms with Gasteiger partial charge in [-0.05, 0) is 30.7 Å². The van der Waals surface area contributed by atoms with E-state index >= 15 is 0 Å². The van der Waals surface area contributed by atoms with Crippen molar-refractivity contribution in [1.29, 1.82) is 0 Å². The lowest BCUT2D eigenvalue weighted by Gasteiger charge is -2.43. The van der Waals surface area contributed by atoms with Crippen molar-refractivity contribution in [3.63, 3.8) is 0 Å². The molecule has 1 fully saturated rings. The molecule has 0 bridgehead atoms. The molecule has 0 amide bonds. The zero-order valence-electron chi connectivity index (χ0n) is 12.8. The molecule has 1 heterocycles. The number of rotatable bonds is 4. The molecule has 24 heavy (non-hydrogen) atoms. The third-order valence-corrected chi connectivity index (χ3v) is 5.20. The van der Waals surface area contributed by atoms with Crippen LogP contribution in [0.25, 0.3) is 0 Å². The Bertz CT molecular complexity index is 783. The maximum Gasteiger partial charge on any atom is 0.327 e. The van der Waals surface area contributed by atoms with Gasteiger partial charge < -0.3 is 4.74 Å². The highest BCUT2D eigenvalue weighted by molar-refractivity contribution is 7.87. The van der Waals surface area contributed by atoms with E-state index in [2.05, 4.69) is 0 Å². The van der Waals surface area contributed by atoms with Crippen LogP contribution in [0.4, 0.5) is 11.4 Å². The van der Waals surface area contributed by atoms with Crippen molar-refractivity contribution >= 4 is 27.5 Å². The molecule has 2 aromatic carbocycles. The van der Waals surface area contributed by atoms with Crippen molar-refractivity contribution < 1.29 is 22.5 Å². The summed E-state index contributed by atoms with van der Waals surface area (Å²) >= 11 is 0. The van der Waals surface area contributed by atoms with Gasteiger partial charge in [0.05, 0.1) is 0 Å². The molecule has 1 unspecified atom stereocenters. The normalized spacial score (nSPS) is 21.1. The highest BCUT2D eigenvalue weighted by atomic mass is 32.2. The summed E-state index contributed by atoms with van der Waals surface area (Å²) in [6, 6.07) is 17.3. The number of hydrogen-bond acceptors (Lipinski definition) is 5. The summed E-state index contributed by atoms with van der Waals surface area (Å²) in [6.45, 7) is 0. The molecule has 0 spiro atoms. The predicted molar refractivity (Wildman–Crippen MR) is 89.2 cm³/mol. The third-order valence-electron chi connectivity index (χ3n) is 3.92. The van der Waals surface area contributed by atoms with Gasteiger partial charge in [-0.2, -0.15) is 8.42 Å². The monoisotopic (exact) mass is 347 g/mol. The first-order valence-electron chi connectivity index (χ1n) is 7.53. The first kappa shape index (κ1) is 16.5. The number of carbonyl (C=O) groups is 1. The molecule has 7 heteroatoms. The summed E-state index contributed by atoms with van der Waals surface area (Å²) in [5.41, 5.74) is 0.993. The van der Waals surface area contributed by atoms with Crippen molar-refractivity contribution in [2.45, 2.75) is 24.3 Å². The van der Waals surface area contributed by atoms with Gasteiger partial charge >= 0.3 is 21.1 Å². The maximum atomic E-state index is 12.3. The quantitative estimate of drug-likeness (QED) is 0.676. The van der Waals surface area contributed by atoms with E-state index in [9.17, 15) is 17.8 Å². The molecule has 0 radical (unpaired) electrons. The highest BCUT2D eigenvalue weighted by Crippen LogP contribution is 2.42. The minimum atomic E-state index is -4.73. The van der Waals surface area contributed by atoms with E-state index in [0.717, 1.165) is 0 Å². The van der Waals surface area contributed by atoms with E-state index in [1.165, 1.54) is 4.90 Å². The predicted octanol–water partition coefficient (Wildman–Crippen LogP) is 3.09. The zero-order chi connectivity index (χ0) is 17.2. The number of benzene rings is 2. The van der Waals surface area contributed by atoms with E-state index < -0.39 is 21.1 Å². The molecular weight excluding hydrogens is 330 g/mol. The molecule has 0 saturated carbocycles. The minimum absolute atomic E-state index is 0.0264. The van der Waals surface area contributed by atoms with Gasteiger partial charge in [-0.3, -0.25) is 14.2 Å². The fraction of sp³-hybridized carbons (Fsp3) is 0.235. The van der Waals surface area contributed by atoms with Gasteiger partial charge in [-0.1, -0.05) is 36.4 Å². The van der Waals surface area contributed by atoms with Crippen LogP contribution in [-0.2, 0) is 19.6 Å². The topological polar surface area (TPSA) is 83.9 Å². The van der Waals surface area contributed by atoms with Crippen LogP contribution in [0.5, 0.6) is 0 Å². The Balaban J connectivity index is 2.24. The molecule has 126 valence electrons. The van der Waals surface area contributed by atoms with Crippen LogP contribution in [0.3, 0.4) is 0 Å². The van der Waals surface area contributed by atoms with Gasteiger partial charge in [-0.25, -0.2) is 0 Å². The maximum absolute atomic E-state index is 12.3. The molecule has 0 aliphatic carbocycles. The number of cyclic esters (lactones) is 1. The second-order valence-electron chi connectivity index (χ2n) is 5.52. The van der Waals surface area contributed by atoms with Gasteiger partial charge in [0.15, 0.2) is 0 Å². The number of hydrogen-bond donors (Lipinski definition) is 1. The number of esters is 1. The first-order valence-corrected chi connectivity index (χ1v) is 8.97. The van der Waals surface area contributed by atoms with Crippen LogP contribution in [0.1, 0.15) is 19.3 Å². The Labute approximate surface area is 140 Å². The molecule has 2 aromatic rings. The molecule has 1 aliphatic heterocycles. The van der Waals surface area contributed by atoms with Gasteiger partial charge in [0.25, 0.3) is 0 Å². The van der Waals surface area contributed by atoms with Crippen molar-refractivity contribution in [3.8, 4) is 0 Å². The summed E-state index contributed by atoms with van der Waals surface area (Å²) in [6.07, 6.45) is 0.394. The number of nitrogens with zero attached hydrogens (tertiary/aromatic N) is 1. The lowest BCUT2D eigenvalue weighted by Crippen LogP contribution is -2.57. The molecule has 0 aromatic heterocycles. The summed E-state index contributed by atoms with van der Waals surface area (Å²) in [4.78, 5) is 13.2. The number of para-hydroxylation sites is 2. The molecule has 3 rings (SSSR count). The Morgan fingerprint density at radius 2 is 1.46 bits per heavy atom. The Kier molecular flexibility index (Phi) is 4.29. The Morgan fingerprint density at radius 3 is 1.88 bits per heavy atom. The van der Waals surface area contributed by atoms with Gasteiger partial charge in [0.1, 0.15) is 0 Å². The second kappa shape index (κ2) is 6.26. The number of anilines is 2.